The summed E-state index contributed by atoms with van der Waals surface area (Å²) >= 11 is 7.15. The molecule has 208 valence electrons. The summed E-state index contributed by atoms with van der Waals surface area (Å²) in [5.74, 6) is 2.10. The molecular weight excluding hydrogens is 646 g/mol. The summed E-state index contributed by atoms with van der Waals surface area (Å²) in [7, 11) is 1.62. The Morgan fingerprint density at radius 1 is 0.976 bits per heavy atom. The minimum Gasteiger partial charge on any atom is -0.493 e. The molecule has 5 aromatic rings. The zero-order chi connectivity index (χ0) is 28.3. The minimum atomic E-state index is -0.172. The van der Waals surface area contributed by atoms with Crippen molar-refractivity contribution in [3.63, 3.8) is 0 Å². The first kappa shape index (κ1) is 27.7. The van der Waals surface area contributed by atoms with Crippen LogP contribution >= 0.6 is 31.9 Å². The largest absolute Gasteiger partial charge is 0.493 e. The number of methoxy groups -OCH3 is 1. The first-order chi connectivity index (χ1) is 20.0. The summed E-state index contributed by atoms with van der Waals surface area (Å²) in [6, 6.07) is 23.9. The number of rotatable bonds is 7. The summed E-state index contributed by atoms with van der Waals surface area (Å²) in [5, 5.41) is 7.55. The fourth-order valence-electron chi connectivity index (χ4n) is 5.55. The smallest absolute Gasteiger partial charge is 0.282 e. The van der Waals surface area contributed by atoms with E-state index in [2.05, 4.69) is 61.2 Å². The topological polar surface area (TPSA) is 65.7 Å². The number of fused-ring (bicyclic) bond motifs is 2. The van der Waals surface area contributed by atoms with Gasteiger partial charge in [0.1, 0.15) is 12.4 Å². The van der Waals surface area contributed by atoms with E-state index in [4.69, 9.17) is 14.5 Å². The number of benzene rings is 4. The van der Waals surface area contributed by atoms with Gasteiger partial charge < -0.3 is 9.47 Å². The highest BCUT2D eigenvalue weighted by atomic mass is 79.9. The predicted molar refractivity (Wildman–Crippen MR) is 171 cm³/mol. The number of hydrogen-bond acceptors (Lipinski definition) is 5. The number of aromatic nitrogens is 2. The third-order valence-corrected chi connectivity index (χ3v) is 8.71. The molecule has 1 heterocycles. The van der Waals surface area contributed by atoms with Crippen LogP contribution in [-0.4, -0.2) is 23.0 Å². The van der Waals surface area contributed by atoms with E-state index in [1.165, 1.54) is 16.5 Å². The van der Waals surface area contributed by atoms with Crippen molar-refractivity contribution in [2.24, 2.45) is 5.10 Å². The molecule has 6 nitrogen and oxygen atoms in total. The highest BCUT2D eigenvalue weighted by Crippen LogP contribution is 2.37. The number of nitrogens with zero attached hydrogens (tertiary/aromatic N) is 3. The molecule has 1 aliphatic carbocycles. The van der Waals surface area contributed by atoms with Crippen LogP contribution in [0.5, 0.6) is 11.5 Å². The molecule has 0 atom stereocenters. The van der Waals surface area contributed by atoms with Gasteiger partial charge in [0.25, 0.3) is 5.56 Å². The molecule has 0 N–H and O–H groups in total. The Kier molecular flexibility index (Phi) is 8.21. The molecule has 41 heavy (non-hydrogen) atoms. The Morgan fingerprint density at radius 2 is 1.78 bits per heavy atom. The van der Waals surface area contributed by atoms with E-state index in [1.807, 2.05) is 48.5 Å². The van der Waals surface area contributed by atoms with Gasteiger partial charge in [-0.2, -0.15) is 9.78 Å². The summed E-state index contributed by atoms with van der Waals surface area (Å²) in [4.78, 5) is 18.6. The summed E-state index contributed by atoms with van der Waals surface area (Å²) in [5.41, 5.74) is 2.38. The Bertz CT molecular complexity index is 1820. The normalized spacial score (nSPS) is 14.2. The van der Waals surface area contributed by atoms with Crippen LogP contribution in [0.15, 0.2) is 91.6 Å². The lowest BCUT2D eigenvalue weighted by molar-refractivity contribution is 0.283. The quantitative estimate of drug-likeness (QED) is 0.162. The molecule has 1 aromatic heterocycles. The molecule has 0 bridgehead atoms. The summed E-state index contributed by atoms with van der Waals surface area (Å²) in [6.07, 6.45) is 7.17. The van der Waals surface area contributed by atoms with Gasteiger partial charge in [0.15, 0.2) is 11.5 Å². The Balaban J connectivity index is 1.33. The van der Waals surface area contributed by atoms with Gasteiger partial charge >= 0.3 is 0 Å². The Hall–Kier alpha value is -3.49. The highest BCUT2D eigenvalue weighted by Gasteiger charge is 2.22. The maximum absolute atomic E-state index is 13.7. The fourth-order valence-corrected chi connectivity index (χ4v) is 6.48. The van der Waals surface area contributed by atoms with Crippen molar-refractivity contribution in [3.8, 4) is 11.5 Å². The minimum absolute atomic E-state index is 0.172. The van der Waals surface area contributed by atoms with E-state index in [0.717, 1.165) is 57.0 Å². The van der Waals surface area contributed by atoms with Gasteiger partial charge in [0, 0.05) is 10.4 Å². The van der Waals surface area contributed by atoms with Gasteiger partial charge in [0.05, 0.1) is 28.7 Å². The van der Waals surface area contributed by atoms with Gasteiger partial charge in [-0.25, -0.2) is 4.98 Å². The molecule has 0 saturated heterocycles. The van der Waals surface area contributed by atoms with Crippen LogP contribution in [0.3, 0.4) is 0 Å². The molecule has 1 aliphatic rings. The second-order valence-corrected chi connectivity index (χ2v) is 12.1. The molecule has 1 saturated carbocycles. The number of hydrogen-bond donors (Lipinski definition) is 0. The van der Waals surface area contributed by atoms with Crippen molar-refractivity contribution >= 4 is 59.7 Å². The SMILES string of the molecule is COc1cc(C=Nn2c(C3CCCCC3)nc3ccc(Br)cc3c2=O)cc(Br)c1OCc1cccc2ccccc12. The van der Waals surface area contributed by atoms with Gasteiger partial charge in [-0.15, -0.1) is 0 Å². The van der Waals surface area contributed by atoms with E-state index < -0.39 is 0 Å². The second-order valence-electron chi connectivity index (χ2n) is 10.3. The average Bonchev–Trinajstić information content (AvgIpc) is 3.00. The molecule has 0 aliphatic heterocycles. The summed E-state index contributed by atoms with van der Waals surface area (Å²) < 4.78 is 15.0. The fraction of sp³-hybridized carbons (Fsp3) is 0.242. The number of ether oxygens (including phenoxy) is 2. The standard InChI is InChI=1S/C33H29Br2N3O3/c1-40-30-17-21(16-28(35)31(30)41-20-24-12-7-11-22-8-5-6-13-26(22)24)19-36-38-32(23-9-3-2-4-10-23)37-29-15-14-25(34)18-27(29)33(38)39/h5-8,11-19,23H,2-4,9-10,20H2,1H3. The maximum Gasteiger partial charge on any atom is 0.282 e. The third kappa shape index (κ3) is 5.81. The van der Waals surface area contributed by atoms with Crippen LogP contribution in [0.1, 0.15) is 55.0 Å². The van der Waals surface area contributed by atoms with E-state index in [1.54, 1.807) is 13.3 Å². The van der Waals surface area contributed by atoms with Crippen molar-refractivity contribution < 1.29 is 9.47 Å². The molecule has 0 amide bonds. The van der Waals surface area contributed by atoms with Crippen LogP contribution in [0.4, 0.5) is 0 Å². The highest BCUT2D eigenvalue weighted by molar-refractivity contribution is 9.10. The monoisotopic (exact) mass is 673 g/mol. The van der Waals surface area contributed by atoms with E-state index in [9.17, 15) is 4.79 Å². The second kappa shape index (κ2) is 12.2. The molecule has 0 radical (unpaired) electrons. The lowest BCUT2D eigenvalue weighted by Crippen LogP contribution is -2.25. The van der Waals surface area contributed by atoms with E-state index >= 15 is 0 Å². The van der Waals surface area contributed by atoms with Crippen LogP contribution in [0.2, 0.25) is 0 Å². The van der Waals surface area contributed by atoms with Crippen LogP contribution < -0.4 is 15.0 Å². The van der Waals surface area contributed by atoms with Gasteiger partial charge in [0.2, 0.25) is 0 Å². The Labute approximate surface area is 255 Å². The zero-order valence-electron chi connectivity index (χ0n) is 22.6. The van der Waals surface area contributed by atoms with E-state index in [0.29, 0.717) is 29.0 Å². The van der Waals surface area contributed by atoms with Crippen LogP contribution in [0.25, 0.3) is 21.7 Å². The van der Waals surface area contributed by atoms with Crippen molar-refractivity contribution in [2.45, 2.75) is 44.6 Å². The molecule has 8 heteroatoms. The average molecular weight is 675 g/mol. The van der Waals surface area contributed by atoms with E-state index in [-0.39, 0.29) is 11.5 Å². The van der Waals surface area contributed by atoms with Gasteiger partial charge in [-0.3, -0.25) is 4.79 Å². The molecule has 1 fully saturated rings. The summed E-state index contributed by atoms with van der Waals surface area (Å²) in [6.45, 7) is 0.391. The Morgan fingerprint density at radius 3 is 2.61 bits per heavy atom. The zero-order valence-corrected chi connectivity index (χ0v) is 25.8. The lowest BCUT2D eigenvalue weighted by Gasteiger charge is -2.22. The predicted octanol–water partition coefficient (Wildman–Crippen LogP) is 8.59. The van der Waals surface area contributed by atoms with Crippen molar-refractivity contribution in [2.75, 3.05) is 7.11 Å². The molecule has 4 aromatic carbocycles. The molecule has 0 unspecified atom stereocenters. The van der Waals surface area contributed by atoms with Gasteiger partial charge in [-0.1, -0.05) is 77.7 Å². The maximum atomic E-state index is 13.7. The third-order valence-electron chi connectivity index (χ3n) is 7.63. The van der Waals surface area contributed by atoms with Crippen molar-refractivity contribution in [3.05, 3.63) is 109 Å². The molecule has 0 spiro atoms. The molecular formula is C33H29Br2N3O3. The van der Waals surface area contributed by atoms with Crippen LogP contribution in [-0.2, 0) is 6.61 Å². The van der Waals surface area contributed by atoms with Crippen molar-refractivity contribution in [1.82, 2.24) is 9.66 Å². The first-order valence-electron chi connectivity index (χ1n) is 13.8. The van der Waals surface area contributed by atoms with Crippen LogP contribution in [0, 0.1) is 0 Å². The van der Waals surface area contributed by atoms with Gasteiger partial charge in [-0.05, 0) is 81.0 Å². The van der Waals surface area contributed by atoms with Crippen molar-refractivity contribution in [1.29, 1.82) is 0 Å². The first-order valence-corrected chi connectivity index (χ1v) is 15.3. The lowest BCUT2D eigenvalue weighted by atomic mass is 9.88. The molecule has 6 rings (SSSR count). The number of halogens is 2.